The average molecular weight is 267 g/mol. The van der Waals surface area contributed by atoms with Crippen LogP contribution in [0.5, 0.6) is 0 Å². The van der Waals surface area contributed by atoms with Crippen LogP contribution in [0.3, 0.4) is 0 Å². The van der Waals surface area contributed by atoms with Crippen LogP contribution in [0.25, 0.3) is 0 Å². The highest BCUT2D eigenvalue weighted by Gasteiger charge is 2.30. The Hall–Kier alpha value is -0.120. The molecule has 112 valence electrons. The van der Waals surface area contributed by atoms with Crippen LogP contribution in [0.1, 0.15) is 58.3 Å². The van der Waals surface area contributed by atoms with Gasteiger partial charge in [-0.05, 0) is 52.7 Å². The lowest BCUT2D eigenvalue weighted by Gasteiger charge is -2.37. The molecule has 1 aliphatic carbocycles. The zero-order valence-corrected chi connectivity index (χ0v) is 13.0. The van der Waals surface area contributed by atoms with Crippen LogP contribution >= 0.6 is 0 Å². The van der Waals surface area contributed by atoms with Gasteiger partial charge in [-0.25, -0.2) is 0 Å². The Morgan fingerprint density at radius 1 is 1.05 bits per heavy atom. The van der Waals surface area contributed by atoms with Gasteiger partial charge in [0.25, 0.3) is 0 Å². The van der Waals surface area contributed by atoms with Crippen molar-refractivity contribution >= 4 is 0 Å². The van der Waals surface area contributed by atoms with Gasteiger partial charge in [-0.2, -0.15) is 0 Å². The summed E-state index contributed by atoms with van der Waals surface area (Å²) in [5.41, 5.74) is 5.81. The van der Waals surface area contributed by atoms with E-state index in [9.17, 15) is 0 Å². The van der Waals surface area contributed by atoms with Crippen molar-refractivity contribution in [3.05, 3.63) is 0 Å². The first-order valence-electron chi connectivity index (χ1n) is 8.38. The van der Waals surface area contributed by atoms with Gasteiger partial charge in [0.2, 0.25) is 0 Å². The molecule has 2 aliphatic rings. The molecular weight excluding hydrogens is 234 g/mol. The zero-order valence-electron chi connectivity index (χ0n) is 13.0. The van der Waals surface area contributed by atoms with E-state index in [2.05, 4.69) is 23.8 Å². The van der Waals surface area contributed by atoms with Gasteiger partial charge in [0, 0.05) is 24.7 Å². The molecule has 2 atom stereocenters. The maximum atomic E-state index is 5.81. The summed E-state index contributed by atoms with van der Waals surface area (Å²) in [4.78, 5) is 5.37. The Kier molecular flexibility index (Phi) is 6.11. The smallest absolute Gasteiger partial charge is 0.0232 e. The molecule has 1 saturated heterocycles. The average Bonchev–Trinajstić information content (AvgIpc) is 2.74. The molecule has 2 unspecified atom stereocenters. The van der Waals surface area contributed by atoms with Gasteiger partial charge in [0.1, 0.15) is 0 Å². The van der Waals surface area contributed by atoms with E-state index in [0.29, 0.717) is 6.04 Å². The van der Waals surface area contributed by atoms with E-state index in [-0.39, 0.29) is 0 Å². The van der Waals surface area contributed by atoms with Crippen LogP contribution in [-0.2, 0) is 0 Å². The molecule has 3 heteroatoms. The number of hydrogen-bond acceptors (Lipinski definition) is 3. The van der Waals surface area contributed by atoms with Gasteiger partial charge < -0.3 is 10.6 Å². The number of hydrogen-bond donors (Lipinski definition) is 1. The fraction of sp³-hybridized carbons (Fsp3) is 1.00. The maximum Gasteiger partial charge on any atom is 0.0232 e. The highest BCUT2D eigenvalue weighted by molar-refractivity contribution is 4.87. The molecule has 0 aromatic heterocycles. The van der Waals surface area contributed by atoms with Crippen molar-refractivity contribution in [1.82, 2.24) is 9.80 Å². The van der Waals surface area contributed by atoms with Crippen LogP contribution < -0.4 is 5.73 Å². The van der Waals surface area contributed by atoms with Gasteiger partial charge in [-0.15, -0.1) is 0 Å². The topological polar surface area (TPSA) is 32.5 Å². The first-order chi connectivity index (χ1) is 9.22. The molecule has 3 nitrogen and oxygen atoms in total. The SMILES string of the molecule is CC1CCN(C)C(CCN)CN1C1CCCCCC1. The lowest BCUT2D eigenvalue weighted by atomic mass is 10.0. The molecule has 1 heterocycles. The molecule has 2 rings (SSSR count). The summed E-state index contributed by atoms with van der Waals surface area (Å²) in [5.74, 6) is 0. The largest absolute Gasteiger partial charge is 0.330 e. The molecule has 1 saturated carbocycles. The summed E-state index contributed by atoms with van der Waals surface area (Å²) in [6, 6.07) is 2.25. The van der Waals surface area contributed by atoms with E-state index in [1.54, 1.807) is 0 Å². The number of rotatable bonds is 3. The highest BCUT2D eigenvalue weighted by Crippen LogP contribution is 2.27. The summed E-state index contributed by atoms with van der Waals surface area (Å²) >= 11 is 0. The molecular formula is C16H33N3. The van der Waals surface area contributed by atoms with Crippen molar-refractivity contribution in [3.8, 4) is 0 Å². The Labute approximate surface area is 119 Å². The van der Waals surface area contributed by atoms with Gasteiger partial charge in [-0.3, -0.25) is 4.90 Å². The number of likely N-dealkylation sites (N-methyl/N-ethyl adjacent to an activating group) is 1. The third-order valence-electron chi connectivity index (χ3n) is 5.30. The molecule has 2 N–H and O–H groups in total. The minimum Gasteiger partial charge on any atom is -0.330 e. The normalized spacial score (nSPS) is 33.0. The van der Waals surface area contributed by atoms with Crippen molar-refractivity contribution in [2.24, 2.45) is 5.73 Å². The van der Waals surface area contributed by atoms with Crippen molar-refractivity contribution < 1.29 is 0 Å². The predicted octanol–water partition coefficient (Wildman–Crippen LogP) is 2.45. The standard InChI is InChI=1S/C16H33N3/c1-14-10-12-18(2)16(9-11-17)13-19(14)15-7-5-3-4-6-8-15/h14-16H,3-13,17H2,1-2H3. The molecule has 0 spiro atoms. The van der Waals surface area contributed by atoms with Crippen molar-refractivity contribution in [2.75, 3.05) is 26.7 Å². The Balaban J connectivity index is 2.02. The summed E-state index contributed by atoms with van der Waals surface area (Å²) < 4.78 is 0. The second-order valence-electron chi connectivity index (χ2n) is 6.69. The predicted molar refractivity (Wildman–Crippen MR) is 82.4 cm³/mol. The van der Waals surface area contributed by atoms with Crippen molar-refractivity contribution in [2.45, 2.75) is 76.4 Å². The molecule has 0 bridgehead atoms. The Morgan fingerprint density at radius 3 is 2.37 bits per heavy atom. The molecule has 0 aromatic carbocycles. The second kappa shape index (κ2) is 7.61. The Bertz CT molecular complexity index is 248. The first kappa shape index (κ1) is 15.3. The van der Waals surface area contributed by atoms with E-state index in [4.69, 9.17) is 5.73 Å². The maximum absolute atomic E-state index is 5.81. The molecule has 0 amide bonds. The number of nitrogens with zero attached hydrogens (tertiary/aromatic N) is 2. The van der Waals surface area contributed by atoms with Crippen LogP contribution in [0.2, 0.25) is 0 Å². The third-order valence-corrected chi connectivity index (χ3v) is 5.30. The van der Waals surface area contributed by atoms with Gasteiger partial charge in [0.05, 0.1) is 0 Å². The van der Waals surface area contributed by atoms with E-state index < -0.39 is 0 Å². The lowest BCUT2D eigenvalue weighted by molar-refractivity contribution is 0.114. The molecule has 19 heavy (non-hydrogen) atoms. The van der Waals surface area contributed by atoms with E-state index in [1.165, 1.54) is 58.0 Å². The zero-order chi connectivity index (χ0) is 13.7. The summed E-state index contributed by atoms with van der Waals surface area (Å²) in [6.07, 6.45) is 11.1. The van der Waals surface area contributed by atoms with Gasteiger partial charge >= 0.3 is 0 Å². The van der Waals surface area contributed by atoms with Crippen molar-refractivity contribution in [1.29, 1.82) is 0 Å². The van der Waals surface area contributed by atoms with Crippen LogP contribution in [-0.4, -0.2) is 54.6 Å². The quantitative estimate of drug-likeness (QED) is 0.797. The molecule has 0 aromatic rings. The Morgan fingerprint density at radius 2 is 1.74 bits per heavy atom. The molecule has 2 fully saturated rings. The number of nitrogens with two attached hydrogens (primary N) is 1. The van der Waals surface area contributed by atoms with Gasteiger partial charge in [0.15, 0.2) is 0 Å². The minimum absolute atomic E-state index is 0.665. The molecule has 1 aliphatic heterocycles. The first-order valence-corrected chi connectivity index (χ1v) is 8.38. The highest BCUT2D eigenvalue weighted by atomic mass is 15.3. The third kappa shape index (κ3) is 4.17. The van der Waals surface area contributed by atoms with Crippen LogP contribution in [0.15, 0.2) is 0 Å². The lowest BCUT2D eigenvalue weighted by Crippen LogP contribution is -2.46. The summed E-state index contributed by atoms with van der Waals surface area (Å²) in [6.45, 7) is 5.72. The monoisotopic (exact) mass is 267 g/mol. The second-order valence-corrected chi connectivity index (χ2v) is 6.69. The summed E-state index contributed by atoms with van der Waals surface area (Å²) in [7, 11) is 2.28. The van der Waals surface area contributed by atoms with E-state index >= 15 is 0 Å². The van der Waals surface area contributed by atoms with Crippen molar-refractivity contribution in [3.63, 3.8) is 0 Å². The van der Waals surface area contributed by atoms with Crippen LogP contribution in [0, 0.1) is 0 Å². The fourth-order valence-electron chi connectivity index (χ4n) is 3.90. The van der Waals surface area contributed by atoms with E-state index in [1.807, 2.05) is 0 Å². The van der Waals surface area contributed by atoms with E-state index in [0.717, 1.165) is 25.0 Å². The van der Waals surface area contributed by atoms with Gasteiger partial charge in [-0.1, -0.05) is 25.7 Å². The fourth-order valence-corrected chi connectivity index (χ4v) is 3.90. The minimum atomic E-state index is 0.665. The summed E-state index contributed by atoms with van der Waals surface area (Å²) in [5, 5.41) is 0. The van der Waals surface area contributed by atoms with Crippen LogP contribution in [0.4, 0.5) is 0 Å². The molecule has 0 radical (unpaired) electrons.